The van der Waals surface area contributed by atoms with Crippen LogP contribution >= 0.6 is 11.6 Å². The Hall–Kier alpha value is -2.33. The first-order chi connectivity index (χ1) is 10.0. The van der Waals surface area contributed by atoms with Crippen molar-refractivity contribution in [1.82, 2.24) is 4.90 Å². The maximum Gasteiger partial charge on any atom is 0.321 e. The number of hydrogen-bond acceptors (Lipinski definition) is 2. The third-order valence-corrected chi connectivity index (χ3v) is 3.69. The van der Waals surface area contributed by atoms with Gasteiger partial charge in [-0.2, -0.15) is 0 Å². The predicted octanol–water partition coefficient (Wildman–Crippen LogP) is 3.55. The summed E-state index contributed by atoms with van der Waals surface area (Å²) in [5.74, 6) is -0.0835. The molecule has 4 nitrogen and oxygen atoms in total. The first-order valence-electron chi connectivity index (χ1n) is 6.50. The highest BCUT2D eigenvalue weighted by molar-refractivity contribution is 6.31. The maximum absolute atomic E-state index is 12.5. The number of nitrogens with zero attached hydrogens (tertiary/aromatic N) is 1. The van der Waals surface area contributed by atoms with E-state index in [9.17, 15) is 9.59 Å². The zero-order chi connectivity index (χ0) is 15.0. The topological polar surface area (TPSA) is 49.4 Å². The van der Waals surface area contributed by atoms with Crippen LogP contribution in [0.25, 0.3) is 0 Å². The molecule has 2 aromatic carbocycles. The van der Waals surface area contributed by atoms with Gasteiger partial charge >= 0.3 is 6.03 Å². The molecular formula is C16H13ClN2O2. The highest BCUT2D eigenvalue weighted by atomic mass is 35.5. The van der Waals surface area contributed by atoms with Crippen LogP contribution in [0.2, 0.25) is 5.02 Å². The molecule has 0 saturated carbocycles. The van der Waals surface area contributed by atoms with Gasteiger partial charge in [0.2, 0.25) is 0 Å². The summed E-state index contributed by atoms with van der Waals surface area (Å²) in [6.45, 7) is 0.484. The molecule has 0 atom stereocenters. The van der Waals surface area contributed by atoms with Crippen molar-refractivity contribution in [2.45, 2.75) is 6.54 Å². The average Bonchev–Trinajstić information content (AvgIpc) is 2.47. The zero-order valence-corrected chi connectivity index (χ0v) is 12.1. The van der Waals surface area contributed by atoms with Crippen molar-refractivity contribution in [1.29, 1.82) is 0 Å². The predicted molar refractivity (Wildman–Crippen MR) is 81.8 cm³/mol. The fraction of sp³-hybridized carbons (Fsp3) is 0.125. The quantitative estimate of drug-likeness (QED) is 0.862. The molecule has 1 aliphatic rings. The second kappa shape index (κ2) is 5.22. The average molecular weight is 301 g/mol. The SMILES string of the molecule is CN1Cc2cc(C(=O)c3cccc(Cl)c3)ccc2NC1=O. The van der Waals surface area contributed by atoms with Crippen molar-refractivity contribution in [2.24, 2.45) is 0 Å². The Morgan fingerprint density at radius 1 is 1.19 bits per heavy atom. The fourth-order valence-corrected chi connectivity index (χ4v) is 2.51. The zero-order valence-electron chi connectivity index (χ0n) is 11.4. The van der Waals surface area contributed by atoms with Crippen LogP contribution in [0.5, 0.6) is 0 Å². The van der Waals surface area contributed by atoms with Crippen molar-refractivity contribution in [2.75, 3.05) is 12.4 Å². The van der Waals surface area contributed by atoms with E-state index >= 15 is 0 Å². The Kier molecular flexibility index (Phi) is 3.39. The smallest absolute Gasteiger partial charge is 0.321 e. The lowest BCUT2D eigenvalue weighted by Gasteiger charge is -2.26. The minimum Gasteiger partial charge on any atom is -0.323 e. The number of rotatable bonds is 2. The van der Waals surface area contributed by atoms with Crippen LogP contribution in [0.3, 0.4) is 0 Å². The fourth-order valence-electron chi connectivity index (χ4n) is 2.32. The van der Waals surface area contributed by atoms with E-state index in [-0.39, 0.29) is 11.8 Å². The Labute approximate surface area is 127 Å². The number of halogens is 1. The molecule has 2 amide bonds. The van der Waals surface area contributed by atoms with Gasteiger partial charge in [0.1, 0.15) is 0 Å². The van der Waals surface area contributed by atoms with Crippen LogP contribution in [0.4, 0.5) is 10.5 Å². The number of anilines is 1. The van der Waals surface area contributed by atoms with Crippen LogP contribution in [0.15, 0.2) is 42.5 Å². The van der Waals surface area contributed by atoms with Crippen LogP contribution in [0, 0.1) is 0 Å². The lowest BCUT2D eigenvalue weighted by atomic mass is 9.99. The monoisotopic (exact) mass is 300 g/mol. The second-order valence-electron chi connectivity index (χ2n) is 5.00. The molecule has 0 radical (unpaired) electrons. The van der Waals surface area contributed by atoms with E-state index in [0.717, 1.165) is 11.3 Å². The largest absolute Gasteiger partial charge is 0.323 e. The van der Waals surface area contributed by atoms with E-state index in [2.05, 4.69) is 5.32 Å². The van der Waals surface area contributed by atoms with Gasteiger partial charge in [-0.05, 0) is 35.9 Å². The summed E-state index contributed by atoms with van der Waals surface area (Å²) >= 11 is 5.92. The number of amides is 2. The van der Waals surface area contributed by atoms with Crippen molar-refractivity contribution in [3.8, 4) is 0 Å². The van der Waals surface area contributed by atoms with E-state index in [1.807, 2.05) is 6.07 Å². The number of fused-ring (bicyclic) bond motifs is 1. The molecule has 3 rings (SSSR count). The number of urea groups is 1. The van der Waals surface area contributed by atoms with Crippen LogP contribution in [-0.2, 0) is 6.54 Å². The first kappa shape index (κ1) is 13.6. The minimum absolute atomic E-state index is 0.0835. The number of carbonyl (C=O) groups is 2. The third kappa shape index (κ3) is 2.62. The van der Waals surface area contributed by atoms with Gasteiger partial charge in [0.05, 0.1) is 0 Å². The van der Waals surface area contributed by atoms with E-state index < -0.39 is 0 Å². The molecule has 106 valence electrons. The Bertz CT molecular complexity index is 743. The Balaban J connectivity index is 1.96. The van der Waals surface area contributed by atoms with Gasteiger partial charge in [-0.25, -0.2) is 4.79 Å². The molecule has 0 spiro atoms. The summed E-state index contributed by atoms with van der Waals surface area (Å²) in [4.78, 5) is 25.6. The highest BCUT2D eigenvalue weighted by Crippen LogP contribution is 2.25. The number of ketones is 1. The molecule has 21 heavy (non-hydrogen) atoms. The molecular weight excluding hydrogens is 288 g/mol. The summed E-state index contributed by atoms with van der Waals surface area (Å²) in [6, 6.07) is 12.0. The normalized spacial score (nSPS) is 13.6. The van der Waals surface area contributed by atoms with Crippen LogP contribution < -0.4 is 5.32 Å². The van der Waals surface area contributed by atoms with Gasteiger partial charge < -0.3 is 10.2 Å². The van der Waals surface area contributed by atoms with E-state index in [1.165, 1.54) is 0 Å². The molecule has 1 N–H and O–H groups in total. The van der Waals surface area contributed by atoms with Gasteiger partial charge in [-0.3, -0.25) is 4.79 Å². The summed E-state index contributed by atoms with van der Waals surface area (Å²) in [5, 5.41) is 3.31. The van der Waals surface area contributed by atoms with Crippen molar-refractivity contribution < 1.29 is 9.59 Å². The lowest BCUT2D eigenvalue weighted by molar-refractivity contribution is 0.103. The summed E-state index contributed by atoms with van der Waals surface area (Å²) in [5.41, 5.74) is 2.81. The summed E-state index contributed by atoms with van der Waals surface area (Å²) < 4.78 is 0. The van der Waals surface area contributed by atoms with Crippen molar-refractivity contribution in [3.05, 3.63) is 64.2 Å². The molecule has 0 fully saturated rings. The number of benzene rings is 2. The first-order valence-corrected chi connectivity index (χ1v) is 6.88. The molecule has 5 heteroatoms. The van der Waals surface area contributed by atoms with Crippen LogP contribution in [0.1, 0.15) is 21.5 Å². The van der Waals surface area contributed by atoms with Gasteiger partial charge in [-0.15, -0.1) is 0 Å². The standard InChI is InChI=1S/C16H13ClN2O2/c1-19-9-12-7-11(5-6-14(12)18-16(19)21)15(20)10-3-2-4-13(17)8-10/h2-8H,9H2,1H3,(H,18,21). The van der Waals surface area contributed by atoms with Gasteiger partial charge in [-0.1, -0.05) is 23.7 Å². The Morgan fingerprint density at radius 3 is 2.71 bits per heavy atom. The van der Waals surface area contributed by atoms with Gasteiger partial charge in [0.15, 0.2) is 5.78 Å². The van der Waals surface area contributed by atoms with Gasteiger partial charge in [0, 0.05) is 35.4 Å². The second-order valence-corrected chi connectivity index (χ2v) is 5.43. The lowest BCUT2D eigenvalue weighted by Crippen LogP contribution is -2.35. The molecule has 1 aliphatic heterocycles. The minimum atomic E-state index is -0.142. The van der Waals surface area contributed by atoms with Crippen molar-refractivity contribution >= 4 is 29.1 Å². The maximum atomic E-state index is 12.5. The molecule has 0 aliphatic carbocycles. The number of nitrogens with one attached hydrogen (secondary N) is 1. The van der Waals surface area contributed by atoms with E-state index in [4.69, 9.17) is 11.6 Å². The van der Waals surface area contributed by atoms with Gasteiger partial charge in [0.25, 0.3) is 0 Å². The summed E-state index contributed by atoms with van der Waals surface area (Å²) in [6.07, 6.45) is 0. The third-order valence-electron chi connectivity index (χ3n) is 3.45. The number of hydrogen-bond donors (Lipinski definition) is 1. The number of carbonyl (C=O) groups excluding carboxylic acids is 2. The highest BCUT2D eigenvalue weighted by Gasteiger charge is 2.20. The molecule has 0 unspecified atom stereocenters. The van der Waals surface area contributed by atoms with Crippen molar-refractivity contribution in [3.63, 3.8) is 0 Å². The van der Waals surface area contributed by atoms with E-state index in [0.29, 0.717) is 22.7 Å². The molecule has 1 heterocycles. The molecule has 0 aromatic heterocycles. The molecule has 0 bridgehead atoms. The van der Waals surface area contributed by atoms with Crippen LogP contribution in [-0.4, -0.2) is 23.8 Å². The molecule has 0 saturated heterocycles. The Morgan fingerprint density at radius 2 is 1.95 bits per heavy atom. The van der Waals surface area contributed by atoms with E-state index in [1.54, 1.807) is 48.3 Å². The molecule has 2 aromatic rings. The summed E-state index contributed by atoms with van der Waals surface area (Å²) in [7, 11) is 1.71.